The SMILES string of the molecule is CCOC(=O)c1c(NC(=O)CCS(=O)(=O)c2ccccc2)sc2c1CCN(Cc1ccccc1)C2. The maximum atomic E-state index is 12.8. The normalized spacial score (nSPS) is 13.7. The Kier molecular flexibility index (Phi) is 8.00. The molecule has 4 rings (SSSR count). The number of thiophene rings is 1. The number of nitrogens with zero attached hydrogens (tertiary/aromatic N) is 1. The van der Waals surface area contributed by atoms with Gasteiger partial charge in [0, 0.05) is 30.9 Å². The summed E-state index contributed by atoms with van der Waals surface area (Å²) in [5.41, 5.74) is 2.52. The molecule has 9 heteroatoms. The van der Waals surface area contributed by atoms with E-state index in [1.807, 2.05) is 18.2 Å². The Bertz CT molecular complexity index is 1290. The van der Waals surface area contributed by atoms with Gasteiger partial charge in [-0.2, -0.15) is 0 Å². The van der Waals surface area contributed by atoms with Crippen molar-refractivity contribution in [2.45, 2.75) is 37.8 Å². The smallest absolute Gasteiger partial charge is 0.341 e. The van der Waals surface area contributed by atoms with Crippen molar-refractivity contribution in [1.29, 1.82) is 0 Å². The molecule has 0 aliphatic carbocycles. The van der Waals surface area contributed by atoms with Crippen LogP contribution in [0.4, 0.5) is 5.00 Å². The zero-order valence-electron chi connectivity index (χ0n) is 19.5. The Labute approximate surface area is 209 Å². The van der Waals surface area contributed by atoms with E-state index in [-0.39, 0.29) is 23.7 Å². The molecule has 3 aromatic rings. The van der Waals surface area contributed by atoms with Crippen LogP contribution in [0, 0.1) is 0 Å². The van der Waals surface area contributed by atoms with Crippen LogP contribution in [0.1, 0.15) is 39.7 Å². The second-order valence-electron chi connectivity index (χ2n) is 8.30. The number of benzene rings is 2. The molecule has 0 fully saturated rings. The van der Waals surface area contributed by atoms with Gasteiger partial charge < -0.3 is 10.1 Å². The van der Waals surface area contributed by atoms with Crippen LogP contribution in [0.25, 0.3) is 0 Å². The third-order valence-electron chi connectivity index (χ3n) is 5.82. The molecule has 35 heavy (non-hydrogen) atoms. The summed E-state index contributed by atoms with van der Waals surface area (Å²) in [6.07, 6.45) is 0.466. The second-order valence-corrected chi connectivity index (χ2v) is 11.5. The third kappa shape index (κ3) is 6.17. The molecule has 0 spiro atoms. The van der Waals surface area contributed by atoms with E-state index < -0.39 is 21.7 Å². The highest BCUT2D eigenvalue weighted by molar-refractivity contribution is 7.91. The number of carbonyl (C=O) groups excluding carboxylic acids is 2. The molecule has 0 atom stereocenters. The summed E-state index contributed by atoms with van der Waals surface area (Å²) in [5.74, 6) is -1.23. The highest BCUT2D eigenvalue weighted by atomic mass is 32.2. The van der Waals surface area contributed by atoms with Gasteiger partial charge in [0.25, 0.3) is 0 Å². The lowest BCUT2D eigenvalue weighted by molar-refractivity contribution is -0.115. The maximum Gasteiger partial charge on any atom is 0.341 e. The minimum absolute atomic E-state index is 0.185. The van der Waals surface area contributed by atoms with Gasteiger partial charge in [0.2, 0.25) is 5.91 Å². The minimum atomic E-state index is -3.58. The van der Waals surface area contributed by atoms with Gasteiger partial charge in [0.1, 0.15) is 5.00 Å². The maximum absolute atomic E-state index is 12.8. The highest BCUT2D eigenvalue weighted by Crippen LogP contribution is 2.38. The lowest BCUT2D eigenvalue weighted by Gasteiger charge is -2.27. The van der Waals surface area contributed by atoms with E-state index in [1.54, 1.807) is 25.1 Å². The lowest BCUT2D eigenvalue weighted by Crippen LogP contribution is -2.30. The van der Waals surface area contributed by atoms with Crippen molar-refractivity contribution in [1.82, 2.24) is 4.90 Å². The summed E-state index contributed by atoms with van der Waals surface area (Å²) in [4.78, 5) is 29.0. The van der Waals surface area contributed by atoms with E-state index in [1.165, 1.54) is 29.0 Å². The number of carbonyl (C=O) groups is 2. The third-order valence-corrected chi connectivity index (χ3v) is 8.68. The van der Waals surface area contributed by atoms with Crippen LogP contribution >= 0.6 is 11.3 Å². The van der Waals surface area contributed by atoms with Crippen LogP contribution in [-0.2, 0) is 38.9 Å². The standard InChI is InChI=1S/C26H28N2O5S2/c1-2-33-26(30)24-21-13-15-28(17-19-9-5-3-6-10-19)18-22(21)34-25(24)27-23(29)14-16-35(31,32)20-11-7-4-8-12-20/h3-12H,2,13-18H2,1H3,(H,27,29). The number of fused-ring (bicyclic) bond motifs is 1. The molecule has 2 heterocycles. The molecule has 0 radical (unpaired) electrons. The summed E-state index contributed by atoms with van der Waals surface area (Å²) >= 11 is 1.36. The topological polar surface area (TPSA) is 92.8 Å². The molecular formula is C26H28N2O5S2. The van der Waals surface area contributed by atoms with Crippen LogP contribution in [0.15, 0.2) is 65.6 Å². The number of nitrogens with one attached hydrogen (secondary N) is 1. The first-order valence-electron chi connectivity index (χ1n) is 11.5. The monoisotopic (exact) mass is 512 g/mol. The van der Waals surface area contributed by atoms with Crippen LogP contribution in [-0.4, -0.2) is 44.1 Å². The molecular weight excluding hydrogens is 484 g/mol. The zero-order chi connectivity index (χ0) is 24.8. The molecule has 2 aromatic carbocycles. The molecule has 1 aliphatic rings. The molecule has 0 saturated carbocycles. The van der Waals surface area contributed by atoms with Crippen molar-refractivity contribution in [3.8, 4) is 0 Å². The Morgan fingerprint density at radius 1 is 1.06 bits per heavy atom. The summed E-state index contributed by atoms with van der Waals surface area (Å²) in [6.45, 7) is 4.22. The predicted molar refractivity (Wildman–Crippen MR) is 136 cm³/mol. The van der Waals surface area contributed by atoms with Gasteiger partial charge in [0.05, 0.1) is 22.8 Å². The fourth-order valence-electron chi connectivity index (χ4n) is 4.10. The van der Waals surface area contributed by atoms with Crippen molar-refractivity contribution in [3.05, 3.63) is 82.2 Å². The second kappa shape index (κ2) is 11.2. The molecule has 0 saturated heterocycles. The lowest BCUT2D eigenvalue weighted by atomic mass is 10.0. The quantitative estimate of drug-likeness (QED) is 0.430. The first-order chi connectivity index (χ1) is 16.9. The molecule has 1 N–H and O–H groups in total. The van der Waals surface area contributed by atoms with Crippen LogP contribution in [0.2, 0.25) is 0 Å². The Hall–Kier alpha value is -3.01. The number of rotatable bonds is 9. The van der Waals surface area contributed by atoms with E-state index in [4.69, 9.17) is 4.74 Å². The molecule has 7 nitrogen and oxygen atoms in total. The van der Waals surface area contributed by atoms with Crippen molar-refractivity contribution in [3.63, 3.8) is 0 Å². The van der Waals surface area contributed by atoms with E-state index >= 15 is 0 Å². The fourth-order valence-corrected chi connectivity index (χ4v) is 6.66. The van der Waals surface area contributed by atoms with Gasteiger partial charge in [0.15, 0.2) is 9.84 Å². The Morgan fingerprint density at radius 3 is 2.43 bits per heavy atom. The molecule has 0 unspecified atom stereocenters. The van der Waals surface area contributed by atoms with Gasteiger partial charge >= 0.3 is 5.97 Å². The average molecular weight is 513 g/mol. The number of hydrogen-bond donors (Lipinski definition) is 1. The Balaban J connectivity index is 1.49. The Morgan fingerprint density at radius 2 is 1.74 bits per heavy atom. The number of hydrogen-bond acceptors (Lipinski definition) is 7. The van der Waals surface area contributed by atoms with Crippen LogP contribution in [0.5, 0.6) is 0 Å². The van der Waals surface area contributed by atoms with E-state index in [0.29, 0.717) is 23.5 Å². The minimum Gasteiger partial charge on any atom is -0.462 e. The molecule has 184 valence electrons. The highest BCUT2D eigenvalue weighted by Gasteiger charge is 2.30. The van der Waals surface area contributed by atoms with E-state index in [9.17, 15) is 18.0 Å². The fraction of sp³-hybridized carbons (Fsp3) is 0.308. The van der Waals surface area contributed by atoms with Crippen molar-refractivity contribution in [2.75, 3.05) is 24.2 Å². The van der Waals surface area contributed by atoms with Gasteiger partial charge in [-0.05, 0) is 36.6 Å². The van der Waals surface area contributed by atoms with Gasteiger partial charge in [-0.3, -0.25) is 9.69 Å². The largest absolute Gasteiger partial charge is 0.462 e. The van der Waals surface area contributed by atoms with Gasteiger partial charge in [-0.15, -0.1) is 11.3 Å². The van der Waals surface area contributed by atoms with Crippen molar-refractivity contribution >= 4 is 38.1 Å². The van der Waals surface area contributed by atoms with E-state index in [2.05, 4.69) is 22.3 Å². The van der Waals surface area contributed by atoms with Crippen molar-refractivity contribution in [2.24, 2.45) is 0 Å². The van der Waals surface area contributed by atoms with Crippen LogP contribution in [0.3, 0.4) is 0 Å². The number of sulfone groups is 1. The zero-order valence-corrected chi connectivity index (χ0v) is 21.2. The number of ether oxygens (including phenoxy) is 1. The first kappa shape index (κ1) is 25.1. The molecule has 1 aromatic heterocycles. The summed E-state index contributed by atoms with van der Waals surface area (Å²) in [6, 6.07) is 18.3. The average Bonchev–Trinajstić information content (AvgIpc) is 3.21. The van der Waals surface area contributed by atoms with Gasteiger partial charge in [-0.1, -0.05) is 48.5 Å². The molecule has 1 amide bonds. The summed E-state index contributed by atoms with van der Waals surface area (Å²) in [5, 5.41) is 3.22. The summed E-state index contributed by atoms with van der Waals surface area (Å²) in [7, 11) is -3.58. The number of amides is 1. The van der Waals surface area contributed by atoms with Gasteiger partial charge in [-0.25, -0.2) is 13.2 Å². The molecule has 0 bridgehead atoms. The van der Waals surface area contributed by atoms with Crippen molar-refractivity contribution < 1.29 is 22.7 Å². The van der Waals surface area contributed by atoms with Crippen LogP contribution < -0.4 is 5.32 Å². The first-order valence-corrected chi connectivity index (χ1v) is 14.0. The predicted octanol–water partition coefficient (Wildman–Crippen LogP) is 4.29. The number of esters is 1. The summed E-state index contributed by atoms with van der Waals surface area (Å²) < 4.78 is 30.4. The molecule has 1 aliphatic heterocycles. The van der Waals surface area contributed by atoms with E-state index in [0.717, 1.165) is 23.5 Å². The number of anilines is 1.